The van der Waals surface area contributed by atoms with Crippen LogP contribution in [0.5, 0.6) is 5.75 Å². The highest BCUT2D eigenvalue weighted by atomic mass is 32.1. The minimum absolute atomic E-state index is 0.00184. The Labute approximate surface area is 117 Å². The van der Waals surface area contributed by atoms with E-state index in [0.717, 1.165) is 12.0 Å². The van der Waals surface area contributed by atoms with Crippen LogP contribution in [-0.4, -0.2) is 22.3 Å². The number of hydrogen-bond acceptors (Lipinski definition) is 2. The van der Waals surface area contributed by atoms with Gasteiger partial charge < -0.3 is 15.0 Å². The van der Waals surface area contributed by atoms with E-state index in [1.165, 1.54) is 12.1 Å². The molecule has 19 heavy (non-hydrogen) atoms. The van der Waals surface area contributed by atoms with E-state index in [4.69, 9.17) is 17.0 Å². The topological polar surface area (TPSA) is 24.5 Å². The molecule has 1 aromatic rings. The van der Waals surface area contributed by atoms with Gasteiger partial charge in [0.25, 0.3) is 0 Å². The second kappa shape index (κ2) is 4.20. The van der Waals surface area contributed by atoms with Crippen LogP contribution < -0.4 is 10.1 Å². The molecule has 0 aromatic heterocycles. The molecule has 2 aliphatic heterocycles. The van der Waals surface area contributed by atoms with E-state index in [0.29, 0.717) is 17.4 Å². The Morgan fingerprint density at radius 1 is 1.68 bits per heavy atom. The summed E-state index contributed by atoms with van der Waals surface area (Å²) in [6, 6.07) is 4.60. The molecule has 2 atom stereocenters. The van der Waals surface area contributed by atoms with Crippen LogP contribution in [0, 0.1) is 5.82 Å². The monoisotopic (exact) mass is 278 g/mol. The molecule has 100 valence electrons. The SMILES string of the molecule is C=CCN1C(=S)NC2CC1(C)Oc1ccc(F)cc12. The number of nitrogens with one attached hydrogen (secondary N) is 1. The van der Waals surface area contributed by atoms with E-state index < -0.39 is 5.72 Å². The summed E-state index contributed by atoms with van der Waals surface area (Å²) in [5, 5.41) is 3.87. The van der Waals surface area contributed by atoms with Gasteiger partial charge in [0.15, 0.2) is 10.8 Å². The van der Waals surface area contributed by atoms with Crippen LogP contribution in [0.4, 0.5) is 4.39 Å². The third-order valence-corrected chi connectivity index (χ3v) is 4.02. The van der Waals surface area contributed by atoms with E-state index in [1.807, 2.05) is 11.8 Å². The molecular formula is C14H15FN2OS. The number of rotatable bonds is 2. The standard InChI is InChI=1S/C14H15FN2OS/c1-3-6-17-13(19)16-11-8-14(17,2)18-12-5-4-9(15)7-10(11)12/h3-5,7,11H,1,6,8H2,2H3,(H,16,19). The fourth-order valence-corrected chi connectivity index (χ4v) is 3.20. The van der Waals surface area contributed by atoms with Gasteiger partial charge in [-0.2, -0.15) is 0 Å². The molecular weight excluding hydrogens is 263 g/mol. The number of thiocarbonyl (C=S) groups is 1. The van der Waals surface area contributed by atoms with Crippen molar-refractivity contribution in [3.8, 4) is 5.75 Å². The summed E-state index contributed by atoms with van der Waals surface area (Å²) in [5.41, 5.74) is 0.324. The number of benzene rings is 1. The molecule has 2 heterocycles. The van der Waals surface area contributed by atoms with E-state index in [1.54, 1.807) is 12.1 Å². The Morgan fingerprint density at radius 3 is 3.21 bits per heavy atom. The summed E-state index contributed by atoms with van der Waals surface area (Å²) < 4.78 is 19.4. The molecule has 1 aromatic carbocycles. The van der Waals surface area contributed by atoms with Crippen molar-refractivity contribution < 1.29 is 9.13 Å². The normalized spacial score (nSPS) is 28.2. The molecule has 1 saturated heterocycles. The molecule has 1 fully saturated rings. The predicted octanol–water partition coefficient (Wildman–Crippen LogP) is 2.74. The Bertz CT molecular complexity index is 562. The summed E-state index contributed by atoms with van der Waals surface area (Å²) >= 11 is 5.37. The maximum Gasteiger partial charge on any atom is 0.184 e. The molecule has 0 saturated carbocycles. The molecule has 2 unspecified atom stereocenters. The van der Waals surface area contributed by atoms with Gasteiger partial charge in [-0.3, -0.25) is 0 Å². The van der Waals surface area contributed by atoms with Gasteiger partial charge in [-0.05, 0) is 37.3 Å². The van der Waals surface area contributed by atoms with Crippen LogP contribution in [-0.2, 0) is 0 Å². The molecule has 3 nitrogen and oxygen atoms in total. The van der Waals surface area contributed by atoms with Gasteiger partial charge in [-0.15, -0.1) is 6.58 Å². The molecule has 5 heteroatoms. The van der Waals surface area contributed by atoms with Crippen molar-refractivity contribution >= 4 is 17.3 Å². The lowest BCUT2D eigenvalue weighted by Crippen LogP contribution is -2.64. The van der Waals surface area contributed by atoms with E-state index in [9.17, 15) is 4.39 Å². The lowest BCUT2D eigenvalue weighted by Gasteiger charge is -2.52. The highest BCUT2D eigenvalue weighted by Gasteiger charge is 2.47. The number of hydrogen-bond donors (Lipinski definition) is 1. The third kappa shape index (κ3) is 1.89. The van der Waals surface area contributed by atoms with Crippen molar-refractivity contribution in [3.63, 3.8) is 0 Å². The van der Waals surface area contributed by atoms with Gasteiger partial charge in [0, 0.05) is 18.5 Å². The fraction of sp³-hybridized carbons (Fsp3) is 0.357. The zero-order chi connectivity index (χ0) is 13.6. The number of nitrogens with zero attached hydrogens (tertiary/aromatic N) is 1. The fourth-order valence-electron chi connectivity index (χ4n) is 2.79. The molecule has 0 spiro atoms. The van der Waals surface area contributed by atoms with Crippen LogP contribution in [0.15, 0.2) is 30.9 Å². The van der Waals surface area contributed by atoms with Crippen LogP contribution >= 0.6 is 12.2 Å². The van der Waals surface area contributed by atoms with Crippen molar-refractivity contribution in [2.24, 2.45) is 0 Å². The van der Waals surface area contributed by atoms with Gasteiger partial charge in [0.2, 0.25) is 0 Å². The molecule has 0 radical (unpaired) electrons. The quantitative estimate of drug-likeness (QED) is 0.664. The highest BCUT2D eigenvalue weighted by molar-refractivity contribution is 7.80. The van der Waals surface area contributed by atoms with Crippen LogP contribution in [0.1, 0.15) is 24.9 Å². The summed E-state index contributed by atoms with van der Waals surface area (Å²) in [5.74, 6) is 0.455. The van der Waals surface area contributed by atoms with Gasteiger partial charge >= 0.3 is 0 Å². The van der Waals surface area contributed by atoms with Crippen LogP contribution in [0.25, 0.3) is 0 Å². The Kier molecular flexibility index (Phi) is 2.74. The Balaban J connectivity index is 2.05. The predicted molar refractivity (Wildman–Crippen MR) is 75.4 cm³/mol. The lowest BCUT2D eigenvalue weighted by molar-refractivity contribution is -0.0632. The maximum atomic E-state index is 13.4. The highest BCUT2D eigenvalue weighted by Crippen LogP contribution is 2.44. The third-order valence-electron chi connectivity index (χ3n) is 3.69. The smallest absolute Gasteiger partial charge is 0.184 e. The summed E-state index contributed by atoms with van der Waals surface area (Å²) in [7, 11) is 0. The Hall–Kier alpha value is -1.62. The van der Waals surface area contributed by atoms with E-state index >= 15 is 0 Å². The first-order valence-corrected chi connectivity index (χ1v) is 6.62. The maximum absolute atomic E-state index is 13.4. The summed E-state index contributed by atoms with van der Waals surface area (Å²) in [4.78, 5) is 1.97. The molecule has 2 aliphatic rings. The molecule has 3 rings (SSSR count). The van der Waals surface area contributed by atoms with Gasteiger partial charge in [-0.1, -0.05) is 6.08 Å². The minimum atomic E-state index is -0.508. The zero-order valence-electron chi connectivity index (χ0n) is 10.6. The zero-order valence-corrected chi connectivity index (χ0v) is 11.5. The average Bonchev–Trinajstić information content (AvgIpc) is 2.35. The van der Waals surface area contributed by atoms with Crippen molar-refractivity contribution in [1.29, 1.82) is 0 Å². The first-order valence-electron chi connectivity index (χ1n) is 6.21. The largest absolute Gasteiger partial charge is 0.468 e. The van der Waals surface area contributed by atoms with Crippen molar-refractivity contribution in [2.45, 2.75) is 25.1 Å². The van der Waals surface area contributed by atoms with Crippen molar-refractivity contribution in [3.05, 3.63) is 42.2 Å². The van der Waals surface area contributed by atoms with Crippen molar-refractivity contribution in [1.82, 2.24) is 10.2 Å². The second-order valence-corrected chi connectivity index (χ2v) is 5.45. The lowest BCUT2D eigenvalue weighted by atomic mass is 9.90. The molecule has 1 N–H and O–H groups in total. The van der Waals surface area contributed by atoms with Gasteiger partial charge in [0.05, 0.1) is 6.04 Å². The number of ether oxygens (including phenoxy) is 1. The number of halogens is 1. The van der Waals surface area contributed by atoms with E-state index in [2.05, 4.69) is 11.9 Å². The first-order chi connectivity index (χ1) is 9.03. The minimum Gasteiger partial charge on any atom is -0.468 e. The van der Waals surface area contributed by atoms with Crippen LogP contribution in [0.2, 0.25) is 0 Å². The van der Waals surface area contributed by atoms with Crippen molar-refractivity contribution in [2.75, 3.05) is 6.54 Å². The Morgan fingerprint density at radius 2 is 2.47 bits per heavy atom. The summed E-state index contributed by atoms with van der Waals surface area (Å²) in [6.45, 7) is 6.37. The first kappa shape index (κ1) is 12.4. The number of fused-ring (bicyclic) bond motifs is 4. The average molecular weight is 278 g/mol. The van der Waals surface area contributed by atoms with Gasteiger partial charge in [-0.25, -0.2) is 4.39 Å². The van der Waals surface area contributed by atoms with Gasteiger partial charge in [0.1, 0.15) is 11.6 Å². The van der Waals surface area contributed by atoms with E-state index in [-0.39, 0.29) is 11.9 Å². The summed E-state index contributed by atoms with van der Waals surface area (Å²) in [6.07, 6.45) is 2.51. The van der Waals surface area contributed by atoms with Crippen LogP contribution in [0.3, 0.4) is 0 Å². The molecule has 2 bridgehead atoms. The molecule has 0 amide bonds. The second-order valence-electron chi connectivity index (χ2n) is 5.06. The molecule has 0 aliphatic carbocycles.